The van der Waals surface area contributed by atoms with Crippen LogP contribution in [0.25, 0.3) is 0 Å². The average Bonchev–Trinajstić information content (AvgIpc) is 2.21. The number of rotatable bonds is 4. The molecule has 0 saturated carbocycles. The molecule has 2 nitrogen and oxygen atoms in total. The largest absolute Gasteiger partial charge is 0.340 e. The summed E-state index contributed by atoms with van der Waals surface area (Å²) in [7, 11) is 0. The SMILES string of the molecule is CCC[C@H]1CN(C(C)CC)C(=O)CC1C. The maximum absolute atomic E-state index is 11.9. The molecular weight excluding hydrogens is 186 g/mol. The van der Waals surface area contributed by atoms with Crippen LogP contribution in [0.2, 0.25) is 0 Å². The van der Waals surface area contributed by atoms with Gasteiger partial charge < -0.3 is 4.90 Å². The first-order valence-corrected chi connectivity index (χ1v) is 6.39. The first-order chi connectivity index (χ1) is 7.10. The number of nitrogens with zero attached hydrogens (tertiary/aromatic N) is 1. The minimum Gasteiger partial charge on any atom is -0.340 e. The molecule has 0 aromatic rings. The van der Waals surface area contributed by atoms with Crippen molar-refractivity contribution >= 4 is 5.91 Å². The summed E-state index contributed by atoms with van der Waals surface area (Å²) < 4.78 is 0. The van der Waals surface area contributed by atoms with Gasteiger partial charge >= 0.3 is 0 Å². The maximum Gasteiger partial charge on any atom is 0.223 e. The predicted molar refractivity (Wildman–Crippen MR) is 63.6 cm³/mol. The summed E-state index contributed by atoms with van der Waals surface area (Å²) in [6.45, 7) is 9.77. The van der Waals surface area contributed by atoms with Gasteiger partial charge in [-0.2, -0.15) is 0 Å². The number of hydrogen-bond acceptors (Lipinski definition) is 1. The van der Waals surface area contributed by atoms with E-state index >= 15 is 0 Å². The summed E-state index contributed by atoms with van der Waals surface area (Å²) in [5.41, 5.74) is 0. The van der Waals surface area contributed by atoms with Crippen LogP contribution in [0.5, 0.6) is 0 Å². The number of hydrogen-bond donors (Lipinski definition) is 0. The second kappa shape index (κ2) is 5.53. The summed E-state index contributed by atoms with van der Waals surface area (Å²) in [5.74, 6) is 1.67. The van der Waals surface area contributed by atoms with Crippen molar-refractivity contribution in [3.63, 3.8) is 0 Å². The highest BCUT2D eigenvalue weighted by molar-refractivity contribution is 5.77. The normalized spacial score (nSPS) is 29.3. The van der Waals surface area contributed by atoms with Crippen LogP contribution in [-0.4, -0.2) is 23.4 Å². The van der Waals surface area contributed by atoms with E-state index in [1.54, 1.807) is 0 Å². The molecule has 88 valence electrons. The van der Waals surface area contributed by atoms with Gasteiger partial charge in [-0.3, -0.25) is 4.79 Å². The summed E-state index contributed by atoms with van der Waals surface area (Å²) in [4.78, 5) is 14.0. The van der Waals surface area contributed by atoms with Crippen LogP contribution in [0.15, 0.2) is 0 Å². The van der Waals surface area contributed by atoms with E-state index in [0.717, 1.165) is 25.3 Å². The van der Waals surface area contributed by atoms with Gasteiger partial charge in [-0.15, -0.1) is 0 Å². The third-order valence-electron chi connectivity index (χ3n) is 3.84. The van der Waals surface area contributed by atoms with Crippen LogP contribution >= 0.6 is 0 Å². The molecule has 3 atom stereocenters. The van der Waals surface area contributed by atoms with Crippen molar-refractivity contribution < 1.29 is 4.79 Å². The van der Waals surface area contributed by atoms with Gasteiger partial charge in [-0.05, 0) is 31.6 Å². The van der Waals surface area contributed by atoms with Crippen LogP contribution in [0, 0.1) is 11.8 Å². The minimum atomic E-state index is 0.365. The van der Waals surface area contributed by atoms with E-state index in [0.29, 0.717) is 17.9 Å². The molecule has 0 bridgehead atoms. The highest BCUT2D eigenvalue weighted by Crippen LogP contribution is 2.29. The van der Waals surface area contributed by atoms with Crippen molar-refractivity contribution in [1.29, 1.82) is 0 Å². The molecule has 1 aliphatic heterocycles. The number of carbonyl (C=O) groups excluding carboxylic acids is 1. The fourth-order valence-electron chi connectivity index (χ4n) is 2.49. The van der Waals surface area contributed by atoms with E-state index in [1.807, 2.05) is 0 Å². The van der Waals surface area contributed by atoms with Crippen LogP contribution in [0.3, 0.4) is 0 Å². The molecule has 15 heavy (non-hydrogen) atoms. The summed E-state index contributed by atoms with van der Waals surface area (Å²) in [5, 5.41) is 0. The number of carbonyl (C=O) groups is 1. The molecule has 2 unspecified atom stereocenters. The lowest BCUT2D eigenvalue weighted by Gasteiger charge is -2.40. The molecule has 1 heterocycles. The van der Waals surface area contributed by atoms with Gasteiger partial charge in [0.05, 0.1) is 0 Å². The first-order valence-electron chi connectivity index (χ1n) is 6.39. The summed E-state index contributed by atoms with van der Waals surface area (Å²) in [6, 6.07) is 0.421. The first kappa shape index (κ1) is 12.5. The summed E-state index contributed by atoms with van der Waals surface area (Å²) >= 11 is 0. The Morgan fingerprint density at radius 1 is 1.47 bits per heavy atom. The number of amides is 1. The Morgan fingerprint density at radius 3 is 2.67 bits per heavy atom. The third-order valence-corrected chi connectivity index (χ3v) is 3.84. The van der Waals surface area contributed by atoms with Gasteiger partial charge in [0.1, 0.15) is 0 Å². The zero-order valence-corrected chi connectivity index (χ0v) is 10.6. The lowest BCUT2D eigenvalue weighted by molar-refractivity contribution is -0.139. The van der Waals surface area contributed by atoms with Gasteiger partial charge in [0.15, 0.2) is 0 Å². The molecule has 1 aliphatic rings. The number of piperidine rings is 1. The van der Waals surface area contributed by atoms with Crippen LogP contribution in [0.4, 0.5) is 0 Å². The van der Waals surface area contributed by atoms with Gasteiger partial charge in [0.2, 0.25) is 5.91 Å². The zero-order chi connectivity index (χ0) is 11.4. The van der Waals surface area contributed by atoms with Crippen molar-refractivity contribution in [2.75, 3.05) is 6.54 Å². The van der Waals surface area contributed by atoms with Gasteiger partial charge in [0.25, 0.3) is 0 Å². The van der Waals surface area contributed by atoms with Crippen molar-refractivity contribution in [3.05, 3.63) is 0 Å². The average molecular weight is 211 g/mol. The standard InChI is InChI=1S/C13H25NO/c1-5-7-12-9-14(11(4)6-2)13(15)8-10(12)3/h10-12H,5-9H2,1-4H3/t10?,11?,12-/m0/s1. The molecule has 1 amide bonds. The molecule has 0 N–H and O–H groups in total. The molecule has 1 saturated heterocycles. The fraction of sp³-hybridized carbons (Fsp3) is 0.923. The van der Waals surface area contributed by atoms with Crippen LogP contribution < -0.4 is 0 Å². The predicted octanol–water partition coefficient (Wildman–Crippen LogP) is 3.07. The Kier molecular flexibility index (Phi) is 4.62. The van der Waals surface area contributed by atoms with Gasteiger partial charge in [0, 0.05) is 19.0 Å². The van der Waals surface area contributed by atoms with Gasteiger partial charge in [-0.1, -0.05) is 27.2 Å². The van der Waals surface area contributed by atoms with Crippen LogP contribution in [0.1, 0.15) is 53.4 Å². The molecular formula is C13H25NO. The Hall–Kier alpha value is -0.530. The Bertz CT molecular complexity index is 215. The minimum absolute atomic E-state index is 0.365. The lowest BCUT2D eigenvalue weighted by Crippen LogP contribution is -2.47. The molecule has 0 aliphatic carbocycles. The Morgan fingerprint density at radius 2 is 2.13 bits per heavy atom. The smallest absolute Gasteiger partial charge is 0.223 e. The Balaban J connectivity index is 2.62. The van der Waals surface area contributed by atoms with E-state index < -0.39 is 0 Å². The molecule has 0 radical (unpaired) electrons. The zero-order valence-electron chi connectivity index (χ0n) is 10.6. The van der Waals surface area contributed by atoms with Gasteiger partial charge in [-0.25, -0.2) is 0 Å². The Labute approximate surface area is 94.0 Å². The summed E-state index contributed by atoms with van der Waals surface area (Å²) in [6.07, 6.45) is 4.33. The van der Waals surface area contributed by atoms with Crippen molar-refractivity contribution in [2.45, 2.75) is 59.4 Å². The molecule has 0 aromatic carbocycles. The molecule has 2 heteroatoms. The van der Waals surface area contributed by atoms with Crippen LogP contribution in [-0.2, 0) is 4.79 Å². The maximum atomic E-state index is 11.9. The van der Waals surface area contributed by atoms with E-state index in [2.05, 4.69) is 32.6 Å². The topological polar surface area (TPSA) is 20.3 Å². The van der Waals surface area contributed by atoms with Crippen molar-refractivity contribution in [2.24, 2.45) is 11.8 Å². The highest BCUT2D eigenvalue weighted by atomic mass is 16.2. The highest BCUT2D eigenvalue weighted by Gasteiger charge is 2.32. The fourth-order valence-corrected chi connectivity index (χ4v) is 2.49. The van der Waals surface area contributed by atoms with Crippen molar-refractivity contribution in [1.82, 2.24) is 4.90 Å². The van der Waals surface area contributed by atoms with E-state index in [4.69, 9.17) is 0 Å². The molecule has 1 rings (SSSR count). The molecule has 1 fully saturated rings. The van der Waals surface area contributed by atoms with E-state index in [-0.39, 0.29) is 0 Å². The van der Waals surface area contributed by atoms with E-state index in [1.165, 1.54) is 12.8 Å². The number of likely N-dealkylation sites (tertiary alicyclic amines) is 1. The van der Waals surface area contributed by atoms with E-state index in [9.17, 15) is 4.79 Å². The van der Waals surface area contributed by atoms with Crippen molar-refractivity contribution in [3.8, 4) is 0 Å². The third kappa shape index (κ3) is 2.96. The quantitative estimate of drug-likeness (QED) is 0.700. The second-order valence-corrected chi connectivity index (χ2v) is 5.03. The molecule has 0 aromatic heterocycles. The monoisotopic (exact) mass is 211 g/mol. The second-order valence-electron chi connectivity index (χ2n) is 5.03. The lowest BCUT2D eigenvalue weighted by atomic mass is 9.83. The molecule has 0 spiro atoms.